The monoisotopic (exact) mass is 470 g/mol. The van der Waals surface area contributed by atoms with Gasteiger partial charge in [-0.05, 0) is 108 Å². The zero-order chi connectivity index (χ0) is 24.9. The van der Waals surface area contributed by atoms with Crippen molar-refractivity contribution in [1.82, 2.24) is 0 Å². The van der Waals surface area contributed by atoms with Gasteiger partial charge in [-0.2, -0.15) is 0 Å². The van der Waals surface area contributed by atoms with E-state index in [4.69, 9.17) is 4.74 Å². The lowest BCUT2D eigenvalue weighted by Crippen LogP contribution is -2.60. The molecule has 1 saturated heterocycles. The molecule has 0 aromatic carbocycles. The molecule has 9 atom stereocenters. The zero-order valence-electron chi connectivity index (χ0n) is 23.1. The van der Waals surface area contributed by atoms with Crippen LogP contribution in [0.3, 0.4) is 0 Å². The third kappa shape index (κ3) is 2.93. The summed E-state index contributed by atoms with van der Waals surface area (Å²) >= 11 is 0. The molecule has 5 aliphatic rings. The van der Waals surface area contributed by atoms with Crippen LogP contribution in [0.1, 0.15) is 107 Å². The minimum absolute atomic E-state index is 0.0754. The number of hydrogen-bond acceptors (Lipinski definition) is 3. The van der Waals surface area contributed by atoms with Crippen LogP contribution in [-0.2, 0) is 4.74 Å². The number of aliphatic hydroxyl groups excluding tert-OH is 2. The molecular formula is C31H50O3. The molecule has 3 fully saturated rings. The first-order valence-electron chi connectivity index (χ1n) is 14.1. The van der Waals surface area contributed by atoms with Crippen molar-refractivity contribution in [2.45, 2.75) is 125 Å². The van der Waals surface area contributed by atoms with Gasteiger partial charge in [0.25, 0.3) is 0 Å². The van der Waals surface area contributed by atoms with Gasteiger partial charge >= 0.3 is 0 Å². The smallest absolute Gasteiger partial charge is 0.115 e. The first kappa shape index (κ1) is 25.0. The van der Waals surface area contributed by atoms with E-state index in [2.05, 4.69) is 60.6 Å². The zero-order valence-corrected chi connectivity index (χ0v) is 23.1. The standard InChI is InChI=1S/C31H50O3/c1-20(9-10-25-30(7,19-32)34-25)21-11-15-28(5)22-13-18-31(8)26(2,3)24(33)14-17-29(31,6)23(22)12-16-27(21,28)4/h12-13,20-21,24-25,32-33H,9-11,14-19H2,1-8H3/t20-,21-,24+,25-,27-,28+,29-,30+,31+/m1/s1. The van der Waals surface area contributed by atoms with Gasteiger partial charge in [-0.25, -0.2) is 0 Å². The molecular weight excluding hydrogens is 420 g/mol. The molecule has 0 aromatic rings. The highest BCUT2D eigenvalue weighted by molar-refractivity contribution is 5.51. The fourth-order valence-corrected chi connectivity index (χ4v) is 9.54. The van der Waals surface area contributed by atoms with Gasteiger partial charge < -0.3 is 14.9 Å². The van der Waals surface area contributed by atoms with E-state index in [9.17, 15) is 10.2 Å². The Morgan fingerprint density at radius 2 is 1.56 bits per heavy atom. The SMILES string of the molecule is C[C@H](CC[C@H]1O[C@@]1(C)CO)[C@H]1CC[C@@]2(C)C3=CC[C@@]4(C)C(C)(C)[C@@H](O)CC[C@]4(C)C3=CC[C@]12C. The van der Waals surface area contributed by atoms with Crippen LogP contribution in [0.25, 0.3) is 0 Å². The van der Waals surface area contributed by atoms with Crippen LogP contribution >= 0.6 is 0 Å². The fourth-order valence-electron chi connectivity index (χ4n) is 9.54. The second-order valence-electron chi connectivity index (χ2n) is 14.6. The molecule has 0 radical (unpaired) electrons. The predicted molar refractivity (Wildman–Crippen MR) is 138 cm³/mol. The summed E-state index contributed by atoms with van der Waals surface area (Å²) in [7, 11) is 0. The average molecular weight is 471 g/mol. The van der Waals surface area contributed by atoms with Crippen molar-refractivity contribution in [1.29, 1.82) is 0 Å². The van der Waals surface area contributed by atoms with Gasteiger partial charge in [0.1, 0.15) is 5.60 Å². The summed E-state index contributed by atoms with van der Waals surface area (Å²) in [6.45, 7) is 19.4. The Bertz CT molecular complexity index is 918. The molecule has 5 rings (SSSR count). The summed E-state index contributed by atoms with van der Waals surface area (Å²) in [6.07, 6.45) is 14.4. The topological polar surface area (TPSA) is 53.0 Å². The first-order chi connectivity index (χ1) is 15.7. The van der Waals surface area contributed by atoms with Gasteiger partial charge in [0.2, 0.25) is 0 Å². The number of aliphatic hydroxyl groups is 2. The van der Waals surface area contributed by atoms with E-state index >= 15 is 0 Å². The van der Waals surface area contributed by atoms with Gasteiger partial charge in [0.05, 0.1) is 18.8 Å². The molecule has 1 heterocycles. The van der Waals surface area contributed by atoms with Gasteiger partial charge in [0.15, 0.2) is 0 Å². The van der Waals surface area contributed by atoms with E-state index < -0.39 is 0 Å². The third-order valence-electron chi connectivity index (χ3n) is 13.3. The van der Waals surface area contributed by atoms with Crippen LogP contribution in [0.5, 0.6) is 0 Å². The highest BCUT2D eigenvalue weighted by atomic mass is 16.6. The maximum atomic E-state index is 11.0. The molecule has 0 aromatic heterocycles. The van der Waals surface area contributed by atoms with E-state index in [1.54, 1.807) is 11.1 Å². The van der Waals surface area contributed by atoms with Crippen LogP contribution in [0.15, 0.2) is 23.3 Å². The van der Waals surface area contributed by atoms with Gasteiger partial charge in [0, 0.05) is 0 Å². The van der Waals surface area contributed by atoms with Crippen LogP contribution in [0.2, 0.25) is 0 Å². The maximum absolute atomic E-state index is 11.0. The van der Waals surface area contributed by atoms with Crippen molar-refractivity contribution in [2.75, 3.05) is 6.61 Å². The van der Waals surface area contributed by atoms with Crippen molar-refractivity contribution < 1.29 is 14.9 Å². The normalized spacial score (nSPS) is 52.1. The molecule has 3 heteroatoms. The second-order valence-corrected chi connectivity index (χ2v) is 14.6. The first-order valence-corrected chi connectivity index (χ1v) is 14.1. The largest absolute Gasteiger partial charge is 0.393 e. The summed E-state index contributed by atoms with van der Waals surface area (Å²) < 4.78 is 5.80. The van der Waals surface area contributed by atoms with Crippen molar-refractivity contribution in [3.63, 3.8) is 0 Å². The van der Waals surface area contributed by atoms with Crippen molar-refractivity contribution in [3.8, 4) is 0 Å². The number of ether oxygens (including phenoxy) is 1. The van der Waals surface area contributed by atoms with Crippen molar-refractivity contribution in [3.05, 3.63) is 23.3 Å². The van der Waals surface area contributed by atoms with Crippen LogP contribution in [0, 0.1) is 38.9 Å². The Labute approximate surface area is 208 Å². The highest BCUT2D eigenvalue weighted by Crippen LogP contribution is 2.74. The molecule has 192 valence electrons. The third-order valence-corrected chi connectivity index (χ3v) is 13.3. The molecule has 3 nitrogen and oxygen atoms in total. The maximum Gasteiger partial charge on any atom is 0.115 e. The van der Waals surface area contributed by atoms with E-state index in [0.717, 1.165) is 31.6 Å². The molecule has 0 unspecified atom stereocenters. The molecule has 0 amide bonds. The van der Waals surface area contributed by atoms with Crippen molar-refractivity contribution >= 4 is 0 Å². The molecule has 2 N–H and O–H groups in total. The quantitative estimate of drug-likeness (QED) is 0.433. The van der Waals surface area contributed by atoms with Gasteiger partial charge in [-0.3, -0.25) is 0 Å². The Kier molecular flexibility index (Phi) is 5.48. The van der Waals surface area contributed by atoms with E-state index in [1.165, 1.54) is 25.7 Å². The minimum atomic E-state index is -0.285. The Morgan fingerprint density at radius 3 is 2.21 bits per heavy atom. The highest BCUT2D eigenvalue weighted by Gasteiger charge is 2.66. The molecule has 1 aliphatic heterocycles. The molecule has 0 bridgehead atoms. The summed E-state index contributed by atoms with van der Waals surface area (Å²) in [5.41, 5.74) is 3.63. The summed E-state index contributed by atoms with van der Waals surface area (Å²) in [4.78, 5) is 0. The molecule has 4 aliphatic carbocycles. The summed E-state index contributed by atoms with van der Waals surface area (Å²) in [5, 5.41) is 20.5. The Balaban J connectivity index is 1.43. The van der Waals surface area contributed by atoms with Crippen LogP contribution in [-0.4, -0.2) is 34.6 Å². The van der Waals surface area contributed by atoms with Crippen LogP contribution in [0.4, 0.5) is 0 Å². The predicted octanol–water partition coefficient (Wildman–Crippen LogP) is 6.83. The lowest BCUT2D eigenvalue weighted by molar-refractivity contribution is -0.147. The Hall–Kier alpha value is -0.640. The number of fused-ring (bicyclic) bond motifs is 5. The fraction of sp³-hybridized carbons (Fsp3) is 0.871. The number of hydrogen-bond donors (Lipinski definition) is 2. The molecule has 2 saturated carbocycles. The van der Waals surface area contributed by atoms with E-state index in [1.807, 2.05) is 6.92 Å². The minimum Gasteiger partial charge on any atom is -0.393 e. The summed E-state index contributed by atoms with van der Waals surface area (Å²) in [5.74, 6) is 1.39. The van der Waals surface area contributed by atoms with E-state index in [0.29, 0.717) is 11.3 Å². The molecule has 34 heavy (non-hydrogen) atoms. The lowest BCUT2D eigenvalue weighted by atomic mass is 9.38. The number of rotatable bonds is 5. The number of allylic oxidation sites excluding steroid dienone is 4. The van der Waals surface area contributed by atoms with Crippen LogP contribution < -0.4 is 0 Å². The van der Waals surface area contributed by atoms with Gasteiger partial charge in [-0.1, -0.05) is 60.6 Å². The van der Waals surface area contributed by atoms with Crippen molar-refractivity contribution in [2.24, 2.45) is 38.9 Å². The van der Waals surface area contributed by atoms with Gasteiger partial charge in [-0.15, -0.1) is 0 Å². The average Bonchev–Trinajstić information content (AvgIpc) is 3.35. The lowest BCUT2D eigenvalue weighted by Gasteiger charge is -2.66. The number of epoxide rings is 1. The van der Waals surface area contributed by atoms with E-state index in [-0.39, 0.29) is 46.1 Å². The summed E-state index contributed by atoms with van der Waals surface area (Å²) in [6, 6.07) is 0. The second kappa shape index (κ2) is 7.45. The Morgan fingerprint density at radius 1 is 0.941 bits per heavy atom. The molecule has 0 spiro atoms.